The lowest BCUT2D eigenvalue weighted by Crippen LogP contribution is -2.07. The Morgan fingerprint density at radius 2 is 2.00 bits per heavy atom. The average Bonchev–Trinajstić information content (AvgIpc) is 2.73. The van der Waals surface area contributed by atoms with Gasteiger partial charge in [0, 0.05) is 6.54 Å². The zero-order valence-electron chi connectivity index (χ0n) is 9.50. The zero-order valence-corrected chi connectivity index (χ0v) is 9.50. The van der Waals surface area contributed by atoms with Gasteiger partial charge in [0.2, 0.25) is 0 Å². The van der Waals surface area contributed by atoms with E-state index >= 15 is 0 Å². The molecule has 3 heteroatoms. The van der Waals surface area contributed by atoms with Crippen molar-refractivity contribution in [2.75, 3.05) is 5.73 Å². The van der Waals surface area contributed by atoms with Crippen LogP contribution >= 0.6 is 0 Å². The second-order valence-electron chi connectivity index (χ2n) is 4.08. The van der Waals surface area contributed by atoms with Crippen molar-refractivity contribution in [2.45, 2.75) is 25.8 Å². The molecule has 1 aromatic carbocycles. The molecule has 0 radical (unpaired) electrons. The summed E-state index contributed by atoms with van der Waals surface area (Å²) in [6, 6.07) is 12.4. The fraction of sp³-hybridized carbons (Fsp3) is 0.308. The molecule has 0 saturated heterocycles. The van der Waals surface area contributed by atoms with Crippen LogP contribution in [0.2, 0.25) is 0 Å². The molecular formula is C13H17N3. The van der Waals surface area contributed by atoms with Gasteiger partial charge in [-0.3, -0.25) is 4.68 Å². The van der Waals surface area contributed by atoms with Crippen molar-refractivity contribution < 1.29 is 0 Å². The summed E-state index contributed by atoms with van der Waals surface area (Å²) in [5.74, 6) is 1.27. The van der Waals surface area contributed by atoms with Crippen molar-refractivity contribution in [1.29, 1.82) is 0 Å². The van der Waals surface area contributed by atoms with E-state index in [4.69, 9.17) is 5.73 Å². The normalized spacial score (nSPS) is 12.6. The van der Waals surface area contributed by atoms with E-state index in [1.165, 1.54) is 5.56 Å². The summed E-state index contributed by atoms with van der Waals surface area (Å²) in [6.45, 7) is 3.10. The lowest BCUT2D eigenvalue weighted by molar-refractivity contribution is 0.539. The number of benzene rings is 1. The van der Waals surface area contributed by atoms with Crippen LogP contribution in [0.3, 0.4) is 0 Å². The Kier molecular flexibility index (Phi) is 3.25. The molecule has 2 rings (SSSR count). The predicted octanol–water partition coefficient (Wildman–Crippen LogP) is 2.66. The maximum Gasteiger partial charge on any atom is 0.121 e. The van der Waals surface area contributed by atoms with E-state index < -0.39 is 0 Å². The fourth-order valence-corrected chi connectivity index (χ4v) is 1.79. The van der Waals surface area contributed by atoms with Crippen LogP contribution in [0, 0.1) is 0 Å². The zero-order chi connectivity index (χ0) is 11.4. The van der Waals surface area contributed by atoms with Crippen LogP contribution in [0.15, 0.2) is 42.6 Å². The first-order chi connectivity index (χ1) is 7.77. The first kappa shape index (κ1) is 10.7. The van der Waals surface area contributed by atoms with E-state index in [0.717, 1.165) is 18.8 Å². The Hall–Kier alpha value is -1.77. The maximum atomic E-state index is 5.77. The summed E-state index contributed by atoms with van der Waals surface area (Å²) in [4.78, 5) is 0. The number of nitrogens with zero attached hydrogens (tertiary/aromatic N) is 2. The number of nitrogen functional groups attached to an aromatic ring is 1. The average molecular weight is 215 g/mol. The summed E-state index contributed by atoms with van der Waals surface area (Å²) in [7, 11) is 0. The Morgan fingerprint density at radius 1 is 1.25 bits per heavy atom. The molecule has 0 aliphatic rings. The van der Waals surface area contributed by atoms with Crippen LogP contribution in [-0.4, -0.2) is 9.78 Å². The molecule has 84 valence electrons. The molecular weight excluding hydrogens is 198 g/mol. The number of anilines is 1. The van der Waals surface area contributed by atoms with E-state index in [2.05, 4.69) is 36.3 Å². The molecule has 2 aromatic rings. The molecule has 0 aliphatic heterocycles. The van der Waals surface area contributed by atoms with Crippen molar-refractivity contribution in [2.24, 2.45) is 0 Å². The van der Waals surface area contributed by atoms with E-state index in [0.29, 0.717) is 5.92 Å². The number of nitrogens with two attached hydrogens (primary N) is 1. The lowest BCUT2D eigenvalue weighted by Gasteiger charge is -2.12. The number of hydrogen-bond donors (Lipinski definition) is 1. The van der Waals surface area contributed by atoms with Crippen molar-refractivity contribution in [3.63, 3.8) is 0 Å². The van der Waals surface area contributed by atoms with Gasteiger partial charge < -0.3 is 5.73 Å². The second-order valence-corrected chi connectivity index (χ2v) is 4.08. The molecule has 3 nitrogen and oxygen atoms in total. The van der Waals surface area contributed by atoms with Crippen LogP contribution in [0.4, 0.5) is 5.82 Å². The third kappa shape index (κ3) is 2.42. The minimum Gasteiger partial charge on any atom is -0.384 e. The van der Waals surface area contributed by atoms with Gasteiger partial charge in [-0.05, 0) is 24.0 Å². The number of rotatable bonds is 4. The van der Waals surface area contributed by atoms with Crippen molar-refractivity contribution >= 4 is 5.82 Å². The molecule has 0 spiro atoms. The number of aryl methyl sites for hydroxylation is 1. The van der Waals surface area contributed by atoms with E-state index in [1.54, 1.807) is 6.20 Å². The molecule has 0 aliphatic carbocycles. The monoisotopic (exact) mass is 215 g/mol. The molecule has 2 N–H and O–H groups in total. The minimum atomic E-state index is 0.532. The Labute approximate surface area is 95.9 Å². The van der Waals surface area contributed by atoms with E-state index in [1.807, 2.05) is 16.8 Å². The first-order valence-electron chi connectivity index (χ1n) is 5.59. The Bertz CT molecular complexity index is 433. The summed E-state index contributed by atoms with van der Waals surface area (Å²) in [5.41, 5.74) is 7.13. The van der Waals surface area contributed by atoms with Gasteiger partial charge in [-0.15, -0.1) is 0 Å². The van der Waals surface area contributed by atoms with Crippen molar-refractivity contribution in [3.8, 4) is 0 Å². The third-order valence-corrected chi connectivity index (χ3v) is 2.89. The number of hydrogen-bond acceptors (Lipinski definition) is 2. The second kappa shape index (κ2) is 4.84. The van der Waals surface area contributed by atoms with E-state index in [-0.39, 0.29) is 0 Å². The topological polar surface area (TPSA) is 43.8 Å². The van der Waals surface area contributed by atoms with Gasteiger partial charge >= 0.3 is 0 Å². The molecule has 16 heavy (non-hydrogen) atoms. The van der Waals surface area contributed by atoms with Crippen LogP contribution in [-0.2, 0) is 6.54 Å². The third-order valence-electron chi connectivity index (χ3n) is 2.89. The largest absolute Gasteiger partial charge is 0.384 e. The summed E-state index contributed by atoms with van der Waals surface area (Å²) in [6.07, 6.45) is 2.79. The molecule has 0 saturated carbocycles. The maximum absolute atomic E-state index is 5.77. The van der Waals surface area contributed by atoms with Gasteiger partial charge in [0.25, 0.3) is 0 Å². The standard InChI is InChI=1S/C13H17N3/c1-11(12-5-3-2-4-6-12)8-10-16-13(14)7-9-15-16/h2-7,9,11H,8,10,14H2,1H3. The van der Waals surface area contributed by atoms with Crippen LogP contribution in [0.1, 0.15) is 24.8 Å². The predicted molar refractivity (Wildman–Crippen MR) is 66.1 cm³/mol. The van der Waals surface area contributed by atoms with Gasteiger partial charge in [-0.25, -0.2) is 0 Å². The quantitative estimate of drug-likeness (QED) is 0.852. The van der Waals surface area contributed by atoms with Crippen molar-refractivity contribution in [3.05, 3.63) is 48.2 Å². The Morgan fingerprint density at radius 3 is 2.62 bits per heavy atom. The molecule has 0 fully saturated rings. The highest BCUT2D eigenvalue weighted by Crippen LogP contribution is 2.19. The summed E-state index contributed by atoms with van der Waals surface area (Å²) in [5, 5.41) is 4.17. The van der Waals surface area contributed by atoms with E-state index in [9.17, 15) is 0 Å². The SMILES string of the molecule is CC(CCn1nccc1N)c1ccccc1. The fourth-order valence-electron chi connectivity index (χ4n) is 1.79. The molecule has 1 heterocycles. The number of aromatic nitrogens is 2. The van der Waals surface area contributed by atoms with Gasteiger partial charge in [0.1, 0.15) is 5.82 Å². The molecule has 1 atom stereocenters. The van der Waals surface area contributed by atoms with Crippen LogP contribution in [0.5, 0.6) is 0 Å². The highest BCUT2D eigenvalue weighted by atomic mass is 15.3. The smallest absolute Gasteiger partial charge is 0.121 e. The molecule has 0 bridgehead atoms. The van der Waals surface area contributed by atoms with Gasteiger partial charge in [0.05, 0.1) is 6.20 Å². The van der Waals surface area contributed by atoms with Gasteiger partial charge in [-0.2, -0.15) is 5.10 Å². The lowest BCUT2D eigenvalue weighted by atomic mass is 9.98. The van der Waals surface area contributed by atoms with Crippen molar-refractivity contribution in [1.82, 2.24) is 9.78 Å². The van der Waals surface area contributed by atoms with Gasteiger partial charge in [-0.1, -0.05) is 37.3 Å². The van der Waals surface area contributed by atoms with Gasteiger partial charge in [0.15, 0.2) is 0 Å². The molecule has 1 unspecified atom stereocenters. The van der Waals surface area contributed by atoms with Crippen LogP contribution in [0.25, 0.3) is 0 Å². The summed E-state index contributed by atoms with van der Waals surface area (Å²) >= 11 is 0. The summed E-state index contributed by atoms with van der Waals surface area (Å²) < 4.78 is 1.85. The molecule has 0 amide bonds. The minimum absolute atomic E-state index is 0.532. The highest BCUT2D eigenvalue weighted by molar-refractivity contribution is 5.26. The van der Waals surface area contributed by atoms with Crippen LogP contribution < -0.4 is 5.73 Å². The first-order valence-corrected chi connectivity index (χ1v) is 5.59. The Balaban J connectivity index is 1.94. The highest BCUT2D eigenvalue weighted by Gasteiger charge is 2.06. The molecule has 1 aromatic heterocycles.